The predicted octanol–water partition coefficient (Wildman–Crippen LogP) is 2.90. The van der Waals surface area contributed by atoms with Crippen molar-refractivity contribution in [1.29, 1.82) is 5.26 Å². The van der Waals surface area contributed by atoms with Gasteiger partial charge in [0, 0.05) is 37.2 Å². The molecule has 1 aromatic carbocycles. The molecule has 22 heavy (non-hydrogen) atoms. The lowest BCUT2D eigenvalue weighted by atomic mass is 10.0. The molecule has 0 unspecified atom stereocenters. The zero-order chi connectivity index (χ0) is 15.5. The predicted molar refractivity (Wildman–Crippen MR) is 88.4 cm³/mol. The number of hydrogen-bond acceptors (Lipinski definition) is 4. The summed E-state index contributed by atoms with van der Waals surface area (Å²) >= 11 is 6.10. The summed E-state index contributed by atoms with van der Waals surface area (Å²) in [6, 6.07) is 8.42. The maximum absolute atomic E-state index is 9.28. The number of ether oxygens (including phenoxy) is 1. The van der Waals surface area contributed by atoms with Gasteiger partial charge in [-0.1, -0.05) is 11.6 Å². The smallest absolute Gasteiger partial charge is 0.101 e. The highest BCUT2D eigenvalue weighted by Gasteiger charge is 2.28. The Morgan fingerprint density at radius 1 is 1.27 bits per heavy atom. The van der Waals surface area contributed by atoms with Crippen LogP contribution in [0.15, 0.2) is 18.2 Å². The molecule has 0 radical (unpaired) electrons. The number of anilines is 1. The first-order valence-corrected chi connectivity index (χ1v) is 8.35. The molecule has 2 heterocycles. The Kier molecular flexibility index (Phi) is 4.87. The standard InChI is InChI=1S/C17H22ClN3O/c1-13-12-21(8-9-22-13)16-4-6-20(7-5-16)17-10-15(18)3-2-14(17)11-19/h2-3,10,13,16H,4-9,12H2,1H3/t13-/m1/s1. The third-order valence-electron chi connectivity index (χ3n) is 4.67. The number of morpholine rings is 1. The van der Waals surface area contributed by atoms with E-state index in [0.29, 0.717) is 22.7 Å². The summed E-state index contributed by atoms with van der Waals surface area (Å²) in [5, 5.41) is 9.98. The van der Waals surface area contributed by atoms with Crippen molar-refractivity contribution in [2.45, 2.75) is 31.9 Å². The van der Waals surface area contributed by atoms with Gasteiger partial charge < -0.3 is 9.64 Å². The molecule has 0 aromatic heterocycles. The minimum Gasteiger partial charge on any atom is -0.376 e. The molecule has 5 heteroatoms. The zero-order valence-corrected chi connectivity index (χ0v) is 13.7. The Morgan fingerprint density at radius 3 is 2.73 bits per heavy atom. The van der Waals surface area contributed by atoms with Gasteiger partial charge in [-0.2, -0.15) is 5.26 Å². The van der Waals surface area contributed by atoms with E-state index in [2.05, 4.69) is 22.8 Å². The van der Waals surface area contributed by atoms with Gasteiger partial charge in [-0.15, -0.1) is 0 Å². The quantitative estimate of drug-likeness (QED) is 0.840. The fourth-order valence-corrected chi connectivity index (χ4v) is 3.68. The van der Waals surface area contributed by atoms with Gasteiger partial charge in [0.25, 0.3) is 0 Å². The Morgan fingerprint density at radius 2 is 2.05 bits per heavy atom. The number of benzene rings is 1. The Bertz CT molecular complexity index is 564. The van der Waals surface area contributed by atoms with Gasteiger partial charge >= 0.3 is 0 Å². The molecule has 0 N–H and O–H groups in total. The average molecular weight is 320 g/mol. The minimum absolute atomic E-state index is 0.338. The highest BCUT2D eigenvalue weighted by molar-refractivity contribution is 6.30. The number of nitrogens with zero attached hydrogens (tertiary/aromatic N) is 3. The molecule has 0 amide bonds. The Hall–Kier alpha value is -1.28. The number of hydrogen-bond donors (Lipinski definition) is 0. The molecule has 4 nitrogen and oxygen atoms in total. The molecule has 2 saturated heterocycles. The summed E-state index contributed by atoms with van der Waals surface area (Å²) in [5.74, 6) is 0. The van der Waals surface area contributed by atoms with E-state index in [1.165, 1.54) is 0 Å². The number of piperidine rings is 1. The van der Waals surface area contributed by atoms with E-state index in [0.717, 1.165) is 51.3 Å². The number of halogens is 1. The molecule has 0 aliphatic carbocycles. The van der Waals surface area contributed by atoms with Crippen molar-refractivity contribution in [3.05, 3.63) is 28.8 Å². The first kappa shape index (κ1) is 15.6. The van der Waals surface area contributed by atoms with Crippen molar-refractivity contribution in [1.82, 2.24) is 4.90 Å². The summed E-state index contributed by atoms with van der Waals surface area (Å²) in [7, 11) is 0. The van der Waals surface area contributed by atoms with Crippen LogP contribution in [0, 0.1) is 11.3 Å². The van der Waals surface area contributed by atoms with Crippen LogP contribution in [-0.4, -0.2) is 49.8 Å². The van der Waals surface area contributed by atoms with Gasteiger partial charge in [0.05, 0.1) is 24.0 Å². The molecule has 0 saturated carbocycles. The van der Waals surface area contributed by atoms with Crippen LogP contribution in [0.4, 0.5) is 5.69 Å². The Labute approximate surface area is 137 Å². The van der Waals surface area contributed by atoms with Gasteiger partial charge in [0.2, 0.25) is 0 Å². The summed E-state index contributed by atoms with van der Waals surface area (Å²) in [5.41, 5.74) is 1.69. The van der Waals surface area contributed by atoms with Crippen molar-refractivity contribution in [2.24, 2.45) is 0 Å². The first-order valence-electron chi connectivity index (χ1n) is 7.97. The van der Waals surface area contributed by atoms with E-state index >= 15 is 0 Å². The van der Waals surface area contributed by atoms with E-state index in [1.807, 2.05) is 12.1 Å². The summed E-state index contributed by atoms with van der Waals surface area (Å²) in [4.78, 5) is 4.86. The van der Waals surface area contributed by atoms with Crippen molar-refractivity contribution in [3.63, 3.8) is 0 Å². The molecule has 0 bridgehead atoms. The topological polar surface area (TPSA) is 39.5 Å². The fourth-order valence-electron chi connectivity index (χ4n) is 3.51. The minimum atomic E-state index is 0.338. The monoisotopic (exact) mass is 319 g/mol. The molecular formula is C17H22ClN3O. The van der Waals surface area contributed by atoms with Crippen LogP contribution in [0.3, 0.4) is 0 Å². The second kappa shape index (κ2) is 6.87. The van der Waals surface area contributed by atoms with Crippen molar-refractivity contribution in [2.75, 3.05) is 37.7 Å². The highest BCUT2D eigenvalue weighted by Crippen LogP contribution is 2.28. The zero-order valence-electron chi connectivity index (χ0n) is 13.0. The molecule has 2 aliphatic rings. The van der Waals surface area contributed by atoms with Crippen molar-refractivity contribution >= 4 is 17.3 Å². The van der Waals surface area contributed by atoms with E-state index in [4.69, 9.17) is 16.3 Å². The van der Waals surface area contributed by atoms with E-state index in [-0.39, 0.29) is 0 Å². The third-order valence-corrected chi connectivity index (χ3v) is 4.91. The van der Waals surface area contributed by atoms with Crippen molar-refractivity contribution in [3.8, 4) is 6.07 Å². The lowest BCUT2D eigenvalue weighted by Crippen LogP contribution is -2.51. The third kappa shape index (κ3) is 3.38. The van der Waals surface area contributed by atoms with Crippen LogP contribution in [0.2, 0.25) is 5.02 Å². The molecule has 1 aromatic rings. The van der Waals surface area contributed by atoms with Gasteiger partial charge in [-0.05, 0) is 38.0 Å². The van der Waals surface area contributed by atoms with E-state index in [1.54, 1.807) is 6.07 Å². The molecule has 118 valence electrons. The molecular weight excluding hydrogens is 298 g/mol. The van der Waals surface area contributed by atoms with Gasteiger partial charge in [-0.25, -0.2) is 0 Å². The molecule has 0 spiro atoms. The number of rotatable bonds is 2. The van der Waals surface area contributed by atoms with Crippen LogP contribution in [0.1, 0.15) is 25.3 Å². The SMILES string of the molecule is C[C@@H]1CN(C2CCN(c3cc(Cl)ccc3C#N)CC2)CCO1. The second-order valence-electron chi connectivity index (χ2n) is 6.17. The lowest BCUT2D eigenvalue weighted by Gasteiger charge is -2.42. The van der Waals surface area contributed by atoms with Crippen molar-refractivity contribution < 1.29 is 4.74 Å². The van der Waals surface area contributed by atoms with Crippen LogP contribution in [0.25, 0.3) is 0 Å². The van der Waals surface area contributed by atoms with Gasteiger partial charge in [0.15, 0.2) is 0 Å². The van der Waals surface area contributed by atoms with Crippen LogP contribution in [0.5, 0.6) is 0 Å². The molecule has 1 atom stereocenters. The maximum Gasteiger partial charge on any atom is 0.101 e. The average Bonchev–Trinajstić information content (AvgIpc) is 2.55. The van der Waals surface area contributed by atoms with Crippen LogP contribution in [-0.2, 0) is 4.74 Å². The van der Waals surface area contributed by atoms with Gasteiger partial charge in [-0.3, -0.25) is 4.90 Å². The highest BCUT2D eigenvalue weighted by atomic mass is 35.5. The first-order chi connectivity index (χ1) is 10.7. The lowest BCUT2D eigenvalue weighted by molar-refractivity contribution is -0.0373. The second-order valence-corrected chi connectivity index (χ2v) is 6.60. The largest absolute Gasteiger partial charge is 0.376 e. The summed E-state index contributed by atoms with van der Waals surface area (Å²) in [6.07, 6.45) is 2.60. The van der Waals surface area contributed by atoms with E-state index in [9.17, 15) is 5.26 Å². The van der Waals surface area contributed by atoms with Crippen LogP contribution < -0.4 is 4.90 Å². The fraction of sp³-hybridized carbons (Fsp3) is 0.588. The van der Waals surface area contributed by atoms with Crippen LogP contribution >= 0.6 is 11.6 Å². The normalized spacial score (nSPS) is 24.2. The Balaban J connectivity index is 1.64. The maximum atomic E-state index is 9.28. The molecule has 2 fully saturated rings. The molecule has 2 aliphatic heterocycles. The van der Waals surface area contributed by atoms with E-state index < -0.39 is 0 Å². The molecule has 3 rings (SSSR count). The number of nitriles is 1. The summed E-state index contributed by atoms with van der Waals surface area (Å²) in [6.45, 7) is 7.01. The van der Waals surface area contributed by atoms with Gasteiger partial charge in [0.1, 0.15) is 6.07 Å². The summed E-state index contributed by atoms with van der Waals surface area (Å²) < 4.78 is 5.63.